The van der Waals surface area contributed by atoms with Crippen LogP contribution in [0.5, 0.6) is 0 Å². The Labute approximate surface area is 161 Å². The maximum absolute atomic E-state index is 12.4. The van der Waals surface area contributed by atoms with Gasteiger partial charge in [0.25, 0.3) is 0 Å². The lowest BCUT2D eigenvalue weighted by Gasteiger charge is -2.34. The Balaban J connectivity index is 1.89. The molecule has 1 aliphatic carbocycles. The number of ether oxygens (including phenoxy) is 1. The van der Waals surface area contributed by atoms with Gasteiger partial charge in [-0.2, -0.15) is 0 Å². The zero-order valence-electron chi connectivity index (χ0n) is 15.8. The van der Waals surface area contributed by atoms with E-state index in [2.05, 4.69) is 18.2 Å². The van der Waals surface area contributed by atoms with Gasteiger partial charge in [-0.25, -0.2) is 0 Å². The maximum Gasteiger partial charge on any atom is 0.325 e. The highest BCUT2D eigenvalue weighted by atomic mass is 16.5. The van der Waals surface area contributed by atoms with Gasteiger partial charge in [0, 0.05) is 18.5 Å². The molecule has 0 aromatic heterocycles. The molecule has 0 saturated carbocycles. The number of hydrogen-bond donors (Lipinski definition) is 2. The van der Waals surface area contributed by atoms with Crippen molar-refractivity contribution in [1.82, 2.24) is 4.90 Å². The summed E-state index contributed by atoms with van der Waals surface area (Å²) < 4.78 is 5.17. The number of fused-ring (bicyclic) bond motifs is 1. The van der Waals surface area contributed by atoms with E-state index in [4.69, 9.17) is 4.74 Å². The quantitative estimate of drug-likeness (QED) is 0.567. The summed E-state index contributed by atoms with van der Waals surface area (Å²) >= 11 is 0. The van der Waals surface area contributed by atoms with Crippen molar-refractivity contribution in [3.8, 4) is 0 Å². The molecule has 0 bridgehead atoms. The molecule has 0 radical (unpaired) electrons. The molecule has 146 valence electrons. The molecular weight excluding hydrogens is 342 g/mol. The molecule has 0 spiro atoms. The topological polar surface area (TPSA) is 70.0 Å². The summed E-state index contributed by atoms with van der Waals surface area (Å²) in [5, 5.41) is 21.0. The normalized spacial score (nSPS) is 24.6. The molecule has 4 atom stereocenters. The van der Waals surface area contributed by atoms with E-state index in [1.165, 1.54) is 5.57 Å². The molecular formula is C22H29NO4. The predicted molar refractivity (Wildman–Crippen MR) is 104 cm³/mol. The van der Waals surface area contributed by atoms with Crippen LogP contribution < -0.4 is 0 Å². The maximum atomic E-state index is 12.4. The number of likely N-dealkylation sites (tertiary alicyclic amines) is 1. The van der Waals surface area contributed by atoms with Crippen LogP contribution in [0.1, 0.15) is 25.3 Å². The van der Waals surface area contributed by atoms with Crippen LogP contribution in [0.4, 0.5) is 0 Å². The van der Waals surface area contributed by atoms with Crippen molar-refractivity contribution in [3.05, 3.63) is 59.7 Å². The number of rotatable bonds is 7. The molecule has 1 saturated heterocycles. The van der Waals surface area contributed by atoms with Crippen LogP contribution in [0.15, 0.2) is 54.1 Å². The third kappa shape index (κ3) is 4.49. The van der Waals surface area contributed by atoms with Gasteiger partial charge >= 0.3 is 5.97 Å². The minimum atomic E-state index is -0.762. The van der Waals surface area contributed by atoms with E-state index in [0.717, 1.165) is 18.4 Å². The van der Waals surface area contributed by atoms with E-state index in [1.807, 2.05) is 35.2 Å². The van der Waals surface area contributed by atoms with Crippen LogP contribution in [0.25, 0.3) is 0 Å². The molecule has 5 nitrogen and oxygen atoms in total. The van der Waals surface area contributed by atoms with Crippen LogP contribution in [-0.2, 0) is 16.0 Å². The molecule has 27 heavy (non-hydrogen) atoms. The predicted octanol–water partition coefficient (Wildman–Crippen LogP) is 2.09. The van der Waals surface area contributed by atoms with E-state index in [9.17, 15) is 15.0 Å². The lowest BCUT2D eigenvalue weighted by molar-refractivity contribution is -0.152. The number of aliphatic hydroxyl groups is 2. The molecule has 2 aliphatic rings. The number of allylic oxidation sites excluding steroid dienone is 2. The van der Waals surface area contributed by atoms with E-state index < -0.39 is 18.1 Å². The van der Waals surface area contributed by atoms with Crippen molar-refractivity contribution in [2.24, 2.45) is 5.92 Å². The van der Waals surface area contributed by atoms with Crippen molar-refractivity contribution < 1.29 is 19.7 Å². The van der Waals surface area contributed by atoms with Crippen molar-refractivity contribution in [2.45, 2.75) is 44.4 Å². The van der Waals surface area contributed by atoms with Gasteiger partial charge in [-0.3, -0.25) is 9.69 Å². The number of aliphatic hydroxyl groups excluding tert-OH is 2. The van der Waals surface area contributed by atoms with Gasteiger partial charge < -0.3 is 14.9 Å². The van der Waals surface area contributed by atoms with E-state index in [0.29, 0.717) is 13.0 Å². The minimum absolute atomic E-state index is 0.0506. The third-order valence-corrected chi connectivity index (χ3v) is 5.44. The Bertz CT molecular complexity index is 685. The second-order valence-corrected chi connectivity index (χ2v) is 7.18. The van der Waals surface area contributed by atoms with Crippen LogP contribution in [0.3, 0.4) is 0 Å². The zero-order chi connectivity index (χ0) is 19.2. The van der Waals surface area contributed by atoms with Crippen LogP contribution in [-0.4, -0.2) is 59.0 Å². The highest BCUT2D eigenvalue weighted by Crippen LogP contribution is 2.37. The Morgan fingerprint density at radius 1 is 1.30 bits per heavy atom. The van der Waals surface area contributed by atoms with Gasteiger partial charge in [0.1, 0.15) is 6.04 Å². The molecule has 3 rings (SSSR count). The summed E-state index contributed by atoms with van der Waals surface area (Å²) in [6.45, 7) is 2.27. The Morgan fingerprint density at radius 2 is 2.07 bits per heavy atom. The largest absolute Gasteiger partial charge is 0.465 e. The SMILES string of the molecule is CCOC(=O)[C@H](CO)N1CC2=CCCC=C[C@H]2[C@@H]1[C@@H](O)Cc1ccccc1. The van der Waals surface area contributed by atoms with E-state index in [-0.39, 0.29) is 25.2 Å². The number of carbonyl (C=O) groups excluding carboxylic acids is 1. The molecule has 1 aromatic rings. The first-order chi connectivity index (χ1) is 13.2. The fraction of sp³-hybridized carbons (Fsp3) is 0.500. The molecule has 1 aromatic carbocycles. The van der Waals surface area contributed by atoms with Crippen LogP contribution in [0.2, 0.25) is 0 Å². The number of hydrogen-bond acceptors (Lipinski definition) is 5. The Morgan fingerprint density at radius 3 is 2.78 bits per heavy atom. The molecule has 1 fully saturated rings. The summed E-state index contributed by atoms with van der Waals surface area (Å²) in [5.41, 5.74) is 2.26. The van der Waals surface area contributed by atoms with E-state index >= 15 is 0 Å². The second-order valence-electron chi connectivity index (χ2n) is 7.18. The average molecular weight is 371 g/mol. The van der Waals surface area contributed by atoms with Gasteiger partial charge in [-0.05, 0) is 31.7 Å². The fourth-order valence-corrected chi connectivity index (χ4v) is 4.20. The van der Waals surface area contributed by atoms with Crippen LogP contribution >= 0.6 is 0 Å². The smallest absolute Gasteiger partial charge is 0.325 e. The molecule has 1 heterocycles. The first-order valence-electron chi connectivity index (χ1n) is 9.76. The lowest BCUT2D eigenvalue weighted by Crippen LogP contribution is -2.52. The van der Waals surface area contributed by atoms with Crippen molar-refractivity contribution >= 4 is 5.97 Å². The standard InChI is InChI=1S/C22H29NO4/c1-2-27-22(26)19(15-24)23-14-17-11-7-4-8-12-18(17)21(23)20(25)13-16-9-5-3-6-10-16/h3,5-6,8-12,18-21,24-25H,2,4,7,13-15H2,1H3/t18-,19+,20+,21-/m1/s1. The Hall–Kier alpha value is -1.95. The summed E-state index contributed by atoms with van der Waals surface area (Å²) in [5.74, 6) is -0.382. The zero-order valence-corrected chi connectivity index (χ0v) is 15.8. The highest BCUT2D eigenvalue weighted by Gasteiger charge is 2.45. The summed E-state index contributed by atoms with van der Waals surface area (Å²) in [6, 6.07) is 8.83. The van der Waals surface area contributed by atoms with Gasteiger partial charge in [-0.1, -0.05) is 54.1 Å². The third-order valence-electron chi connectivity index (χ3n) is 5.44. The number of nitrogens with zero attached hydrogens (tertiary/aromatic N) is 1. The molecule has 1 aliphatic heterocycles. The van der Waals surface area contributed by atoms with Gasteiger partial charge in [-0.15, -0.1) is 0 Å². The van der Waals surface area contributed by atoms with Crippen LogP contribution in [0, 0.1) is 5.92 Å². The second kappa shape index (κ2) is 9.31. The van der Waals surface area contributed by atoms with Crippen molar-refractivity contribution in [3.63, 3.8) is 0 Å². The minimum Gasteiger partial charge on any atom is -0.465 e. The molecule has 0 unspecified atom stereocenters. The van der Waals surface area contributed by atoms with Gasteiger partial charge in [0.05, 0.1) is 19.3 Å². The number of carbonyl (C=O) groups is 1. The summed E-state index contributed by atoms with van der Waals surface area (Å²) in [7, 11) is 0. The number of benzene rings is 1. The number of esters is 1. The summed E-state index contributed by atoms with van der Waals surface area (Å²) in [6.07, 6.45) is 8.31. The first-order valence-corrected chi connectivity index (χ1v) is 9.76. The Kier molecular flexibility index (Phi) is 6.83. The van der Waals surface area contributed by atoms with Gasteiger partial charge in [0.15, 0.2) is 0 Å². The highest BCUT2D eigenvalue weighted by molar-refractivity contribution is 5.76. The molecule has 2 N–H and O–H groups in total. The summed E-state index contributed by atoms with van der Waals surface area (Å²) in [4.78, 5) is 14.3. The molecule has 0 amide bonds. The van der Waals surface area contributed by atoms with E-state index in [1.54, 1.807) is 6.92 Å². The van der Waals surface area contributed by atoms with Gasteiger partial charge in [0.2, 0.25) is 0 Å². The lowest BCUT2D eigenvalue weighted by atomic mass is 9.89. The monoisotopic (exact) mass is 371 g/mol. The fourth-order valence-electron chi connectivity index (χ4n) is 4.20. The van der Waals surface area contributed by atoms with Crippen molar-refractivity contribution in [2.75, 3.05) is 19.8 Å². The van der Waals surface area contributed by atoms with Crippen molar-refractivity contribution in [1.29, 1.82) is 0 Å². The molecule has 5 heteroatoms. The average Bonchev–Trinajstić information content (AvgIpc) is 2.86. The first kappa shape index (κ1) is 19.8.